The van der Waals surface area contributed by atoms with Crippen molar-refractivity contribution in [2.45, 2.75) is 44.1 Å². The minimum atomic E-state index is -4.33. The van der Waals surface area contributed by atoms with Crippen LogP contribution in [0.5, 0.6) is 0 Å². The number of aromatic amines is 1. The molecule has 3 aromatic rings. The van der Waals surface area contributed by atoms with Gasteiger partial charge in [-0.25, -0.2) is 0 Å². The van der Waals surface area contributed by atoms with Crippen molar-refractivity contribution in [3.63, 3.8) is 0 Å². The number of fused-ring (bicyclic) bond motifs is 1. The molecule has 7 nitrogen and oxygen atoms in total. The van der Waals surface area contributed by atoms with Gasteiger partial charge in [0, 0.05) is 31.2 Å². The van der Waals surface area contributed by atoms with E-state index in [9.17, 15) is 17.6 Å². The van der Waals surface area contributed by atoms with Crippen LogP contribution in [-0.2, 0) is 6.42 Å². The van der Waals surface area contributed by atoms with Crippen molar-refractivity contribution in [3.8, 4) is 11.3 Å². The Morgan fingerprint density at radius 2 is 1.97 bits per heavy atom. The third kappa shape index (κ3) is 5.36. The predicted molar refractivity (Wildman–Crippen MR) is 128 cm³/mol. The number of anilines is 1. The summed E-state index contributed by atoms with van der Waals surface area (Å²) in [4.78, 5) is 8.28. The molecule has 192 valence electrons. The summed E-state index contributed by atoms with van der Waals surface area (Å²) in [6, 6.07) is 8.73. The van der Waals surface area contributed by atoms with Gasteiger partial charge in [-0.2, -0.15) is 28.6 Å². The smallest absolute Gasteiger partial charge is 0.378 e. The van der Waals surface area contributed by atoms with Crippen LogP contribution in [0.25, 0.3) is 11.3 Å². The largest absolute Gasteiger partial charge is 0.401 e. The van der Waals surface area contributed by atoms with Crippen LogP contribution >= 0.6 is 0 Å². The van der Waals surface area contributed by atoms with Crippen LogP contribution in [0, 0.1) is 0 Å². The first-order valence-corrected chi connectivity index (χ1v) is 12.1. The topological polar surface area (TPSA) is 73.0 Å². The van der Waals surface area contributed by atoms with Gasteiger partial charge in [-0.1, -0.05) is 12.1 Å². The average Bonchev–Trinajstić information content (AvgIpc) is 3.35. The van der Waals surface area contributed by atoms with Crippen LogP contribution in [0.2, 0.25) is 0 Å². The van der Waals surface area contributed by atoms with E-state index >= 15 is 0 Å². The second-order valence-electron chi connectivity index (χ2n) is 9.63. The Labute approximate surface area is 206 Å². The standard InChI is InChI=1S/C25H29F4N7/c1-16-9-18-10-17(23-12-31-34-33-23)3-5-21(18)24(36(16)15-25(27,28)29)22-6-4-19(11-30-22)32-20-13-35(14-20)8-2-7-26/h3-6,10-12,16,20,24,32H,2,7-9,13-15H2,1H3,(H,31,33,34). The molecule has 0 saturated carbocycles. The van der Waals surface area contributed by atoms with Crippen molar-refractivity contribution in [1.29, 1.82) is 0 Å². The van der Waals surface area contributed by atoms with Crippen LogP contribution in [0.4, 0.5) is 23.2 Å². The first kappa shape index (κ1) is 24.6. The Morgan fingerprint density at radius 3 is 2.64 bits per heavy atom. The summed E-state index contributed by atoms with van der Waals surface area (Å²) < 4.78 is 53.1. The predicted octanol–water partition coefficient (Wildman–Crippen LogP) is 4.22. The second-order valence-corrected chi connectivity index (χ2v) is 9.63. The van der Waals surface area contributed by atoms with Crippen LogP contribution in [0.3, 0.4) is 0 Å². The highest BCUT2D eigenvalue weighted by Crippen LogP contribution is 2.40. The van der Waals surface area contributed by atoms with E-state index in [1.54, 1.807) is 12.4 Å². The van der Waals surface area contributed by atoms with Crippen molar-refractivity contribution in [2.24, 2.45) is 0 Å². The SMILES string of the molecule is CC1Cc2cc(-c3cn[nH]n3)ccc2C(c2ccc(NC3CN(CCCF)C3)cn2)N1CC(F)(F)F. The molecule has 4 heterocycles. The van der Waals surface area contributed by atoms with Gasteiger partial charge >= 0.3 is 6.18 Å². The van der Waals surface area contributed by atoms with Gasteiger partial charge in [-0.15, -0.1) is 0 Å². The number of benzene rings is 1. The summed E-state index contributed by atoms with van der Waals surface area (Å²) >= 11 is 0. The highest BCUT2D eigenvalue weighted by molar-refractivity contribution is 5.61. The number of hydrogen-bond acceptors (Lipinski definition) is 6. The van der Waals surface area contributed by atoms with Crippen molar-refractivity contribution >= 4 is 5.69 Å². The van der Waals surface area contributed by atoms with E-state index in [2.05, 4.69) is 30.6 Å². The number of H-pyrrole nitrogens is 1. The summed E-state index contributed by atoms with van der Waals surface area (Å²) in [7, 11) is 0. The number of rotatable bonds is 8. The molecule has 0 amide bonds. The number of aromatic nitrogens is 4. The maximum absolute atomic E-state index is 13.6. The molecule has 1 saturated heterocycles. The Morgan fingerprint density at radius 1 is 1.14 bits per heavy atom. The maximum Gasteiger partial charge on any atom is 0.401 e. The van der Waals surface area contributed by atoms with Crippen molar-refractivity contribution in [2.75, 3.05) is 38.2 Å². The molecule has 2 aromatic heterocycles. The summed E-state index contributed by atoms with van der Waals surface area (Å²) in [5.74, 6) is 0. The zero-order chi connectivity index (χ0) is 25.3. The highest BCUT2D eigenvalue weighted by Gasteiger charge is 2.41. The Kier molecular flexibility index (Phi) is 6.94. The fourth-order valence-corrected chi connectivity index (χ4v) is 5.22. The summed E-state index contributed by atoms with van der Waals surface area (Å²) in [6.07, 6.45) is 0.0160. The van der Waals surface area contributed by atoms with Gasteiger partial charge in [-0.05, 0) is 49.1 Å². The van der Waals surface area contributed by atoms with E-state index in [1.807, 2.05) is 37.3 Å². The maximum atomic E-state index is 13.6. The van der Waals surface area contributed by atoms with E-state index in [0.29, 0.717) is 24.2 Å². The monoisotopic (exact) mass is 503 g/mol. The van der Waals surface area contributed by atoms with E-state index in [4.69, 9.17) is 0 Å². The zero-order valence-electron chi connectivity index (χ0n) is 20.0. The molecular weight excluding hydrogens is 474 g/mol. The lowest BCUT2D eigenvalue weighted by atomic mass is 9.85. The van der Waals surface area contributed by atoms with E-state index in [-0.39, 0.29) is 18.8 Å². The van der Waals surface area contributed by atoms with Crippen molar-refractivity contribution in [3.05, 3.63) is 59.5 Å². The third-order valence-corrected chi connectivity index (χ3v) is 6.93. The van der Waals surface area contributed by atoms with E-state index < -0.39 is 18.8 Å². The number of nitrogens with zero attached hydrogens (tertiary/aromatic N) is 5. The molecule has 1 fully saturated rings. The first-order valence-electron chi connectivity index (χ1n) is 12.1. The first-order chi connectivity index (χ1) is 17.3. The average molecular weight is 504 g/mol. The summed E-state index contributed by atoms with van der Waals surface area (Å²) in [5, 5.41) is 14.0. The lowest BCUT2D eigenvalue weighted by molar-refractivity contribution is -0.155. The summed E-state index contributed by atoms with van der Waals surface area (Å²) in [5.41, 5.74) is 4.75. The van der Waals surface area contributed by atoms with Crippen LogP contribution < -0.4 is 5.32 Å². The Hall–Kier alpha value is -3.05. The number of likely N-dealkylation sites (tertiary alicyclic amines) is 1. The molecule has 0 spiro atoms. The molecular formula is C25H29F4N7. The van der Waals surface area contributed by atoms with Gasteiger partial charge in [0.1, 0.15) is 5.69 Å². The highest BCUT2D eigenvalue weighted by atomic mass is 19.4. The molecule has 2 atom stereocenters. The molecule has 1 aromatic carbocycles. The van der Waals surface area contributed by atoms with Gasteiger partial charge < -0.3 is 5.32 Å². The van der Waals surface area contributed by atoms with Gasteiger partial charge in [0.15, 0.2) is 0 Å². The molecule has 2 N–H and O–H groups in total. The number of nitrogens with one attached hydrogen (secondary N) is 2. The van der Waals surface area contributed by atoms with Gasteiger partial charge in [0.05, 0.1) is 49.1 Å². The minimum Gasteiger partial charge on any atom is -0.378 e. The van der Waals surface area contributed by atoms with Crippen molar-refractivity contribution < 1.29 is 17.6 Å². The normalized spacial score (nSPS) is 21.2. The Bertz CT molecular complexity index is 1140. The summed E-state index contributed by atoms with van der Waals surface area (Å²) in [6.45, 7) is 2.92. The fraction of sp³-hybridized carbons (Fsp3) is 0.480. The van der Waals surface area contributed by atoms with E-state index in [0.717, 1.165) is 42.0 Å². The minimum absolute atomic E-state index is 0.254. The number of hydrogen-bond donors (Lipinski definition) is 2. The molecule has 2 unspecified atom stereocenters. The lowest BCUT2D eigenvalue weighted by Gasteiger charge is -2.42. The van der Waals surface area contributed by atoms with Gasteiger partial charge in [0.25, 0.3) is 0 Å². The van der Waals surface area contributed by atoms with E-state index in [1.165, 1.54) is 4.90 Å². The number of alkyl halides is 4. The van der Waals surface area contributed by atoms with Crippen molar-refractivity contribution in [1.82, 2.24) is 30.2 Å². The number of halogens is 4. The van der Waals surface area contributed by atoms with Crippen LogP contribution in [0.1, 0.15) is 36.2 Å². The molecule has 0 bridgehead atoms. The molecule has 0 radical (unpaired) electrons. The lowest BCUT2D eigenvalue weighted by Crippen LogP contribution is -2.54. The zero-order valence-corrected chi connectivity index (χ0v) is 20.0. The van der Waals surface area contributed by atoms with Gasteiger partial charge in [0.2, 0.25) is 0 Å². The van der Waals surface area contributed by atoms with Crippen LogP contribution in [-0.4, -0.2) is 81.3 Å². The van der Waals surface area contributed by atoms with Gasteiger partial charge in [-0.3, -0.25) is 19.2 Å². The quantitative estimate of drug-likeness (QED) is 0.449. The van der Waals surface area contributed by atoms with Crippen LogP contribution in [0.15, 0.2) is 42.7 Å². The molecule has 11 heteroatoms. The third-order valence-electron chi connectivity index (χ3n) is 6.93. The number of pyridine rings is 1. The Balaban J connectivity index is 1.39. The molecule has 5 rings (SSSR count). The molecule has 0 aliphatic carbocycles. The molecule has 36 heavy (non-hydrogen) atoms. The molecule has 2 aliphatic heterocycles. The molecule has 2 aliphatic rings. The second kappa shape index (κ2) is 10.1. The fourth-order valence-electron chi connectivity index (χ4n) is 5.22.